The van der Waals surface area contributed by atoms with Crippen molar-refractivity contribution in [2.75, 3.05) is 13.7 Å². The summed E-state index contributed by atoms with van der Waals surface area (Å²) in [5, 5.41) is 10.6. The SMILES string of the molecule is COc1ccc(COC[C@H](C)[C@H](O)[C@H](C)C(=O)[C@@H](C)OC(=O)c2ccccc2)cc1. The van der Waals surface area contributed by atoms with Crippen molar-refractivity contribution in [3.05, 3.63) is 65.7 Å². The lowest BCUT2D eigenvalue weighted by atomic mass is 9.89. The molecule has 2 aromatic rings. The van der Waals surface area contributed by atoms with Crippen molar-refractivity contribution in [1.29, 1.82) is 0 Å². The molecule has 30 heavy (non-hydrogen) atoms. The van der Waals surface area contributed by atoms with Gasteiger partial charge in [0.1, 0.15) is 5.75 Å². The van der Waals surface area contributed by atoms with E-state index in [-0.39, 0.29) is 11.7 Å². The maximum Gasteiger partial charge on any atom is 0.338 e. The van der Waals surface area contributed by atoms with Crippen molar-refractivity contribution in [1.82, 2.24) is 0 Å². The number of hydrogen-bond donors (Lipinski definition) is 1. The molecule has 0 saturated heterocycles. The van der Waals surface area contributed by atoms with Gasteiger partial charge in [-0.05, 0) is 36.8 Å². The third kappa shape index (κ3) is 6.68. The fourth-order valence-corrected chi connectivity index (χ4v) is 3.08. The zero-order valence-corrected chi connectivity index (χ0v) is 17.9. The van der Waals surface area contributed by atoms with Gasteiger partial charge in [0.05, 0.1) is 32.0 Å². The standard InChI is InChI=1S/C24H30O6/c1-16(14-29-15-19-10-12-21(28-4)13-11-19)22(25)17(2)23(26)18(3)30-24(27)20-8-6-5-7-9-20/h5-13,16-18,22,25H,14-15H2,1-4H3/t16-,17-,18+,22-/m0/s1. The van der Waals surface area contributed by atoms with Crippen LogP contribution < -0.4 is 4.74 Å². The van der Waals surface area contributed by atoms with Gasteiger partial charge in [-0.15, -0.1) is 0 Å². The van der Waals surface area contributed by atoms with Crippen molar-refractivity contribution in [2.24, 2.45) is 11.8 Å². The Morgan fingerprint density at radius 1 is 0.967 bits per heavy atom. The first-order chi connectivity index (χ1) is 14.3. The van der Waals surface area contributed by atoms with Crippen molar-refractivity contribution in [3.8, 4) is 5.75 Å². The lowest BCUT2D eigenvalue weighted by molar-refractivity contribution is -0.135. The van der Waals surface area contributed by atoms with Crippen LogP contribution >= 0.6 is 0 Å². The molecule has 0 aromatic heterocycles. The second kappa shape index (κ2) is 11.5. The molecule has 0 saturated carbocycles. The van der Waals surface area contributed by atoms with Gasteiger partial charge in [-0.1, -0.05) is 44.2 Å². The van der Waals surface area contributed by atoms with E-state index in [1.807, 2.05) is 31.2 Å². The molecule has 0 spiro atoms. The van der Waals surface area contributed by atoms with Crippen LogP contribution in [0.4, 0.5) is 0 Å². The minimum Gasteiger partial charge on any atom is -0.497 e. The first-order valence-electron chi connectivity index (χ1n) is 10.0. The highest BCUT2D eigenvalue weighted by Gasteiger charge is 2.31. The van der Waals surface area contributed by atoms with Crippen LogP contribution in [0.15, 0.2) is 54.6 Å². The van der Waals surface area contributed by atoms with E-state index >= 15 is 0 Å². The number of Topliss-reactive ketones (excluding diaryl/α,β-unsaturated/α-hetero) is 1. The molecule has 162 valence electrons. The summed E-state index contributed by atoms with van der Waals surface area (Å²) in [6, 6.07) is 16.0. The smallest absolute Gasteiger partial charge is 0.338 e. The van der Waals surface area contributed by atoms with Gasteiger partial charge < -0.3 is 19.3 Å². The third-order valence-corrected chi connectivity index (χ3v) is 5.05. The quantitative estimate of drug-likeness (QED) is 0.565. The summed E-state index contributed by atoms with van der Waals surface area (Å²) in [5.74, 6) is -1.07. The number of carbonyl (C=O) groups excluding carboxylic acids is 2. The van der Waals surface area contributed by atoms with E-state index < -0.39 is 24.1 Å². The molecule has 0 heterocycles. The zero-order chi connectivity index (χ0) is 22.1. The topological polar surface area (TPSA) is 82.1 Å². The molecule has 2 aromatic carbocycles. The summed E-state index contributed by atoms with van der Waals surface area (Å²) in [7, 11) is 1.61. The Hall–Kier alpha value is -2.70. The second-order valence-corrected chi connectivity index (χ2v) is 7.44. The van der Waals surface area contributed by atoms with Crippen LogP contribution in [0.2, 0.25) is 0 Å². The van der Waals surface area contributed by atoms with E-state index in [2.05, 4.69) is 0 Å². The van der Waals surface area contributed by atoms with Gasteiger partial charge in [-0.25, -0.2) is 4.79 Å². The van der Waals surface area contributed by atoms with Gasteiger partial charge >= 0.3 is 5.97 Å². The molecule has 0 amide bonds. The van der Waals surface area contributed by atoms with Crippen molar-refractivity contribution < 1.29 is 28.9 Å². The monoisotopic (exact) mass is 414 g/mol. The fourth-order valence-electron chi connectivity index (χ4n) is 3.08. The average molecular weight is 414 g/mol. The summed E-state index contributed by atoms with van der Waals surface area (Å²) in [5.41, 5.74) is 1.37. The molecule has 0 aliphatic carbocycles. The summed E-state index contributed by atoms with van der Waals surface area (Å²) < 4.78 is 16.1. The molecule has 0 unspecified atom stereocenters. The number of benzene rings is 2. The lowest BCUT2D eigenvalue weighted by Gasteiger charge is -2.26. The van der Waals surface area contributed by atoms with Gasteiger partial charge in [-0.3, -0.25) is 4.79 Å². The minimum absolute atomic E-state index is 0.265. The molecule has 0 fully saturated rings. The highest BCUT2D eigenvalue weighted by Crippen LogP contribution is 2.19. The number of methoxy groups -OCH3 is 1. The Bertz CT molecular complexity index is 802. The Balaban J connectivity index is 1.81. The number of carbonyl (C=O) groups is 2. The molecule has 0 bridgehead atoms. The number of hydrogen-bond acceptors (Lipinski definition) is 6. The zero-order valence-electron chi connectivity index (χ0n) is 17.9. The molecule has 0 radical (unpaired) electrons. The Kier molecular flexibility index (Phi) is 9.02. The third-order valence-electron chi connectivity index (χ3n) is 5.05. The van der Waals surface area contributed by atoms with Crippen molar-refractivity contribution in [3.63, 3.8) is 0 Å². The molecule has 0 aliphatic heterocycles. The summed E-state index contributed by atoms with van der Waals surface area (Å²) >= 11 is 0. The van der Waals surface area contributed by atoms with Gasteiger partial charge in [0.2, 0.25) is 0 Å². The van der Waals surface area contributed by atoms with E-state index in [0.29, 0.717) is 18.8 Å². The highest BCUT2D eigenvalue weighted by molar-refractivity contribution is 5.93. The first-order valence-corrected chi connectivity index (χ1v) is 10.0. The van der Waals surface area contributed by atoms with E-state index in [1.165, 1.54) is 6.92 Å². The van der Waals surface area contributed by atoms with Crippen LogP contribution in [0.5, 0.6) is 5.75 Å². The minimum atomic E-state index is -0.949. The van der Waals surface area contributed by atoms with Crippen LogP contribution in [-0.2, 0) is 20.9 Å². The van der Waals surface area contributed by atoms with Crippen LogP contribution in [0.1, 0.15) is 36.7 Å². The van der Waals surface area contributed by atoms with Gasteiger partial charge in [-0.2, -0.15) is 0 Å². The van der Waals surface area contributed by atoms with Gasteiger partial charge in [0.15, 0.2) is 11.9 Å². The second-order valence-electron chi connectivity index (χ2n) is 7.44. The van der Waals surface area contributed by atoms with Crippen LogP contribution in [0.25, 0.3) is 0 Å². The molecule has 4 atom stereocenters. The van der Waals surface area contributed by atoms with Gasteiger partial charge in [0, 0.05) is 11.8 Å². The number of rotatable bonds is 11. The molecule has 0 aliphatic rings. The summed E-state index contributed by atoms with van der Waals surface area (Å²) in [6.45, 7) is 5.68. The number of aliphatic hydroxyl groups excluding tert-OH is 1. The number of ether oxygens (including phenoxy) is 3. The van der Waals surface area contributed by atoms with E-state index in [9.17, 15) is 14.7 Å². The maximum absolute atomic E-state index is 12.6. The summed E-state index contributed by atoms with van der Waals surface area (Å²) in [4.78, 5) is 24.8. The number of aliphatic hydroxyl groups is 1. The summed E-state index contributed by atoms with van der Waals surface area (Å²) in [6.07, 6.45) is -1.86. The van der Waals surface area contributed by atoms with E-state index in [4.69, 9.17) is 14.2 Å². The molecule has 2 rings (SSSR count). The van der Waals surface area contributed by atoms with Crippen molar-refractivity contribution in [2.45, 2.75) is 39.6 Å². The van der Waals surface area contributed by atoms with E-state index in [0.717, 1.165) is 11.3 Å². The highest BCUT2D eigenvalue weighted by atomic mass is 16.5. The average Bonchev–Trinajstić information content (AvgIpc) is 2.78. The van der Waals surface area contributed by atoms with Crippen LogP contribution in [0, 0.1) is 11.8 Å². The molecule has 1 N–H and O–H groups in total. The van der Waals surface area contributed by atoms with Crippen molar-refractivity contribution >= 4 is 11.8 Å². The van der Waals surface area contributed by atoms with E-state index in [1.54, 1.807) is 44.4 Å². The molecule has 6 heteroatoms. The molecular formula is C24H30O6. The van der Waals surface area contributed by atoms with Crippen LogP contribution in [0.3, 0.4) is 0 Å². The number of esters is 1. The number of ketones is 1. The van der Waals surface area contributed by atoms with Gasteiger partial charge in [0.25, 0.3) is 0 Å². The fraction of sp³-hybridized carbons (Fsp3) is 0.417. The van der Waals surface area contributed by atoms with Crippen LogP contribution in [-0.4, -0.2) is 42.8 Å². The Labute approximate surface area is 177 Å². The Morgan fingerprint density at radius 2 is 1.60 bits per heavy atom. The molecule has 6 nitrogen and oxygen atoms in total. The predicted octanol–water partition coefficient (Wildman–Crippen LogP) is 3.66. The first kappa shape index (κ1) is 23.6. The lowest BCUT2D eigenvalue weighted by Crippen LogP contribution is -2.39. The predicted molar refractivity (Wildman–Crippen MR) is 113 cm³/mol. The maximum atomic E-state index is 12.6. The Morgan fingerprint density at radius 3 is 2.20 bits per heavy atom. The normalized spacial score (nSPS) is 15.0. The molecular weight excluding hydrogens is 384 g/mol. The largest absolute Gasteiger partial charge is 0.497 e.